The first kappa shape index (κ1) is 16.3. The van der Waals surface area contributed by atoms with Crippen molar-refractivity contribution >= 4 is 17.7 Å². The number of H-pyrrole nitrogens is 1. The summed E-state index contributed by atoms with van der Waals surface area (Å²) < 4.78 is 10.0. The largest absolute Gasteiger partial charge is 0.462 e. The van der Waals surface area contributed by atoms with Gasteiger partial charge in [-0.3, -0.25) is 9.59 Å². The Kier molecular flexibility index (Phi) is 4.68. The number of aryl methyl sites for hydroxylation is 1. The Bertz CT molecular complexity index is 616. The van der Waals surface area contributed by atoms with Gasteiger partial charge >= 0.3 is 11.9 Å². The number of aromatic nitrogens is 1. The molecule has 2 rings (SSSR count). The van der Waals surface area contributed by atoms with E-state index in [1.807, 2.05) is 6.92 Å². The van der Waals surface area contributed by atoms with Gasteiger partial charge in [0.05, 0.1) is 23.8 Å². The highest BCUT2D eigenvalue weighted by molar-refractivity contribution is 6.02. The number of ether oxygens (including phenoxy) is 2. The fourth-order valence-electron chi connectivity index (χ4n) is 2.50. The van der Waals surface area contributed by atoms with E-state index in [1.165, 1.54) is 0 Å². The summed E-state index contributed by atoms with van der Waals surface area (Å²) in [6.45, 7) is 7.02. The molecular formula is C16H21NO5. The maximum atomic E-state index is 12.2. The average molecular weight is 307 g/mol. The third kappa shape index (κ3) is 3.21. The topological polar surface area (TPSA) is 85.5 Å². The number of rotatable bonds is 6. The van der Waals surface area contributed by atoms with E-state index in [4.69, 9.17) is 9.47 Å². The molecule has 1 fully saturated rings. The molecule has 1 aliphatic carbocycles. The highest BCUT2D eigenvalue weighted by atomic mass is 16.5. The summed E-state index contributed by atoms with van der Waals surface area (Å²) in [5.74, 6) is -0.872. The van der Waals surface area contributed by atoms with Crippen LogP contribution in [-0.2, 0) is 14.3 Å². The standard InChI is InChI=1S/C16H21NO5/c1-5-21-16(20)13-9(3)14(17-10(13)4)12(18)7-22-15(19)11-6-8(11)2/h8,11,17H,5-7H2,1-4H3/t8-,11-/m0/s1. The van der Waals surface area contributed by atoms with E-state index >= 15 is 0 Å². The van der Waals surface area contributed by atoms with Gasteiger partial charge in [-0.1, -0.05) is 6.92 Å². The second-order valence-electron chi connectivity index (χ2n) is 5.70. The van der Waals surface area contributed by atoms with E-state index in [0.29, 0.717) is 22.7 Å². The van der Waals surface area contributed by atoms with Gasteiger partial charge in [-0.2, -0.15) is 0 Å². The van der Waals surface area contributed by atoms with Crippen molar-refractivity contribution in [1.82, 2.24) is 4.98 Å². The molecule has 6 heteroatoms. The number of carbonyl (C=O) groups is 3. The van der Waals surface area contributed by atoms with Crippen LogP contribution >= 0.6 is 0 Å². The Labute approximate surface area is 129 Å². The molecule has 0 aromatic carbocycles. The Balaban J connectivity index is 2.05. The summed E-state index contributed by atoms with van der Waals surface area (Å²) in [5.41, 5.74) is 1.75. The van der Waals surface area contributed by atoms with Gasteiger partial charge in [0.15, 0.2) is 6.61 Å². The zero-order chi connectivity index (χ0) is 16.4. The van der Waals surface area contributed by atoms with E-state index in [2.05, 4.69) is 4.98 Å². The lowest BCUT2D eigenvalue weighted by Gasteiger charge is -2.04. The average Bonchev–Trinajstić information content (AvgIpc) is 3.11. The van der Waals surface area contributed by atoms with Crippen LogP contribution in [0.3, 0.4) is 0 Å². The van der Waals surface area contributed by atoms with Crippen molar-refractivity contribution < 1.29 is 23.9 Å². The molecule has 1 saturated carbocycles. The number of carbonyl (C=O) groups excluding carboxylic acids is 3. The van der Waals surface area contributed by atoms with Gasteiger partial charge in [-0.15, -0.1) is 0 Å². The zero-order valence-electron chi connectivity index (χ0n) is 13.3. The lowest BCUT2D eigenvalue weighted by Crippen LogP contribution is -2.17. The first-order valence-corrected chi connectivity index (χ1v) is 7.42. The van der Waals surface area contributed by atoms with Gasteiger partial charge in [-0.05, 0) is 38.7 Å². The monoisotopic (exact) mass is 307 g/mol. The zero-order valence-corrected chi connectivity index (χ0v) is 13.3. The van der Waals surface area contributed by atoms with Crippen LogP contribution in [0.4, 0.5) is 0 Å². The van der Waals surface area contributed by atoms with Gasteiger partial charge in [0.25, 0.3) is 0 Å². The number of Topliss-reactive ketones (excluding diaryl/α,β-unsaturated/α-hetero) is 1. The van der Waals surface area contributed by atoms with Crippen LogP contribution in [-0.4, -0.2) is 35.9 Å². The number of aromatic amines is 1. The third-order valence-electron chi connectivity index (χ3n) is 3.95. The molecule has 0 bridgehead atoms. The predicted molar refractivity (Wildman–Crippen MR) is 78.8 cm³/mol. The smallest absolute Gasteiger partial charge is 0.340 e. The predicted octanol–water partition coefficient (Wildman–Crippen LogP) is 2.19. The minimum Gasteiger partial charge on any atom is -0.462 e. The lowest BCUT2D eigenvalue weighted by molar-refractivity contribution is -0.144. The molecule has 22 heavy (non-hydrogen) atoms. The van der Waals surface area contributed by atoms with Gasteiger partial charge in [0.2, 0.25) is 5.78 Å². The molecule has 0 unspecified atom stereocenters. The van der Waals surface area contributed by atoms with Crippen molar-refractivity contribution in [2.75, 3.05) is 13.2 Å². The highest BCUT2D eigenvalue weighted by Crippen LogP contribution is 2.38. The van der Waals surface area contributed by atoms with Crippen LogP contribution in [0.5, 0.6) is 0 Å². The van der Waals surface area contributed by atoms with E-state index in [1.54, 1.807) is 20.8 Å². The molecular weight excluding hydrogens is 286 g/mol. The maximum absolute atomic E-state index is 12.2. The fraction of sp³-hybridized carbons (Fsp3) is 0.562. The van der Waals surface area contributed by atoms with Crippen molar-refractivity contribution in [3.8, 4) is 0 Å². The molecule has 2 atom stereocenters. The molecule has 0 amide bonds. The molecule has 120 valence electrons. The van der Waals surface area contributed by atoms with Crippen LogP contribution in [0.2, 0.25) is 0 Å². The first-order valence-electron chi connectivity index (χ1n) is 7.42. The third-order valence-corrected chi connectivity index (χ3v) is 3.95. The number of hydrogen-bond acceptors (Lipinski definition) is 5. The molecule has 0 spiro atoms. The molecule has 1 aromatic rings. The van der Waals surface area contributed by atoms with Crippen molar-refractivity contribution in [1.29, 1.82) is 0 Å². The Morgan fingerprint density at radius 1 is 1.23 bits per heavy atom. The Morgan fingerprint density at radius 2 is 1.86 bits per heavy atom. The highest BCUT2D eigenvalue weighted by Gasteiger charge is 2.40. The van der Waals surface area contributed by atoms with Crippen LogP contribution in [0.15, 0.2) is 0 Å². The van der Waals surface area contributed by atoms with E-state index in [9.17, 15) is 14.4 Å². The molecule has 0 radical (unpaired) electrons. The molecule has 1 heterocycles. The Morgan fingerprint density at radius 3 is 2.41 bits per heavy atom. The second kappa shape index (κ2) is 6.34. The van der Waals surface area contributed by atoms with Gasteiger partial charge in [-0.25, -0.2) is 4.79 Å². The molecule has 1 N–H and O–H groups in total. The fourth-order valence-corrected chi connectivity index (χ4v) is 2.50. The van der Waals surface area contributed by atoms with Gasteiger partial charge in [0.1, 0.15) is 0 Å². The first-order chi connectivity index (χ1) is 10.4. The molecule has 6 nitrogen and oxygen atoms in total. The number of ketones is 1. The molecule has 0 saturated heterocycles. The number of nitrogens with one attached hydrogen (secondary N) is 1. The number of hydrogen-bond donors (Lipinski definition) is 1. The minimum absolute atomic E-state index is 0.0747. The summed E-state index contributed by atoms with van der Waals surface area (Å²) in [6.07, 6.45) is 0.820. The summed E-state index contributed by atoms with van der Waals surface area (Å²) in [4.78, 5) is 38.6. The van der Waals surface area contributed by atoms with Crippen molar-refractivity contribution in [2.24, 2.45) is 11.8 Å². The van der Waals surface area contributed by atoms with Crippen molar-refractivity contribution in [3.05, 3.63) is 22.5 Å². The van der Waals surface area contributed by atoms with Crippen molar-refractivity contribution in [2.45, 2.75) is 34.1 Å². The molecule has 0 aliphatic heterocycles. The molecule has 1 aliphatic rings. The molecule has 1 aromatic heterocycles. The maximum Gasteiger partial charge on any atom is 0.340 e. The summed E-state index contributed by atoms with van der Waals surface area (Å²) in [5, 5.41) is 0. The van der Waals surface area contributed by atoms with E-state index in [0.717, 1.165) is 6.42 Å². The van der Waals surface area contributed by atoms with Gasteiger partial charge in [0, 0.05) is 5.69 Å². The van der Waals surface area contributed by atoms with Gasteiger partial charge < -0.3 is 14.5 Å². The summed E-state index contributed by atoms with van der Waals surface area (Å²) in [7, 11) is 0. The van der Waals surface area contributed by atoms with Crippen molar-refractivity contribution in [3.63, 3.8) is 0 Å². The quantitative estimate of drug-likeness (QED) is 0.643. The van der Waals surface area contributed by atoms with Crippen LogP contribution in [0.1, 0.15) is 52.4 Å². The minimum atomic E-state index is -0.461. The van der Waals surface area contributed by atoms with E-state index in [-0.39, 0.29) is 36.6 Å². The summed E-state index contributed by atoms with van der Waals surface area (Å²) >= 11 is 0. The summed E-state index contributed by atoms with van der Waals surface area (Å²) in [6, 6.07) is 0. The van der Waals surface area contributed by atoms with E-state index < -0.39 is 5.97 Å². The Hall–Kier alpha value is -2.11. The van der Waals surface area contributed by atoms with Crippen LogP contribution in [0.25, 0.3) is 0 Å². The lowest BCUT2D eigenvalue weighted by atomic mass is 10.1. The van der Waals surface area contributed by atoms with Crippen LogP contribution in [0, 0.1) is 25.7 Å². The SMILES string of the molecule is CCOC(=O)c1c(C)[nH]c(C(=O)COC(=O)[C@H]2C[C@@H]2C)c1C. The number of esters is 2. The normalized spacial score (nSPS) is 19.6. The van der Waals surface area contributed by atoms with Crippen LogP contribution < -0.4 is 0 Å². The second-order valence-corrected chi connectivity index (χ2v) is 5.70.